The molecule has 10 heteroatoms. The van der Waals surface area contributed by atoms with Crippen LogP contribution >= 0.6 is 0 Å². The summed E-state index contributed by atoms with van der Waals surface area (Å²) < 4.78 is 48.8. The molecule has 0 aliphatic carbocycles. The fraction of sp³-hybridized carbons (Fsp3) is 0.379. The molecule has 0 radical (unpaired) electrons. The summed E-state index contributed by atoms with van der Waals surface area (Å²) in [6.45, 7) is 8.74. The molecule has 0 aliphatic heterocycles. The number of halogens is 1. The zero-order valence-corrected chi connectivity index (χ0v) is 25.5. The first kappa shape index (κ1) is 30.3. The van der Waals surface area contributed by atoms with E-state index in [1.54, 1.807) is 35.9 Å². The normalized spacial score (nSPS) is 11.5. The van der Waals surface area contributed by atoms with E-state index in [4.69, 9.17) is 4.74 Å². The van der Waals surface area contributed by atoms with Gasteiger partial charge in [0.05, 0.1) is 24.0 Å². The summed E-state index contributed by atoms with van der Waals surface area (Å²) >= 11 is 0. The Balaban J connectivity index is 0.000000532. The van der Waals surface area contributed by atoms with Crippen LogP contribution in [0.5, 0.6) is 0 Å². The molecule has 0 spiro atoms. The number of hydrogen-bond acceptors (Lipinski definition) is 5. The maximum Gasteiger partial charge on any atom is 0.325 e. The maximum absolute atomic E-state index is 14.1. The van der Waals surface area contributed by atoms with Crippen molar-refractivity contribution in [2.24, 2.45) is 7.05 Å². The molecule has 0 amide bonds. The van der Waals surface area contributed by atoms with E-state index in [1.165, 1.54) is 60.4 Å². The molecule has 0 atom stereocenters. The number of esters is 1. The third-order valence-electron chi connectivity index (χ3n) is 7.27. The van der Waals surface area contributed by atoms with Crippen LogP contribution in [-0.2, 0) is 39.4 Å². The number of carbonyl (C=O) groups is 1. The standard InChI is InChI=1S/C23H22FN3O4S.C6H16Si/c1-15-18(19-11-16(24)9-10-21(19)27(15)13-22(28)31-3)12-20-23(26(2)14-25-20)32(29,30)17-7-5-4-6-8-17;1-4-7(5-2)6-3/h4-11,14H,12-13H2,1-3H3;7H,4-6H2,1-3H3. The van der Waals surface area contributed by atoms with Crippen molar-refractivity contribution in [3.63, 3.8) is 0 Å². The lowest BCUT2D eigenvalue weighted by molar-refractivity contribution is -0.141. The Morgan fingerprint density at radius 2 is 1.69 bits per heavy atom. The minimum atomic E-state index is -3.82. The molecule has 0 N–H and O–H groups in total. The number of rotatable bonds is 9. The second-order valence-electron chi connectivity index (χ2n) is 9.58. The van der Waals surface area contributed by atoms with E-state index < -0.39 is 21.6 Å². The number of carbonyl (C=O) groups excluding carboxylic acids is 1. The molecule has 0 aliphatic rings. The molecule has 4 aromatic rings. The van der Waals surface area contributed by atoms with Gasteiger partial charge in [0, 0.05) is 38.9 Å². The van der Waals surface area contributed by atoms with Crippen molar-refractivity contribution < 1.29 is 22.3 Å². The van der Waals surface area contributed by atoms with Gasteiger partial charge in [-0.15, -0.1) is 0 Å². The van der Waals surface area contributed by atoms with Gasteiger partial charge in [-0.25, -0.2) is 17.8 Å². The molecule has 0 saturated carbocycles. The average Bonchev–Trinajstić information content (AvgIpc) is 3.43. The van der Waals surface area contributed by atoms with Gasteiger partial charge in [-0.2, -0.15) is 0 Å². The minimum Gasteiger partial charge on any atom is -0.468 e. The van der Waals surface area contributed by atoms with E-state index in [0.717, 1.165) is 0 Å². The third kappa shape index (κ3) is 6.67. The number of sulfone groups is 1. The Labute approximate surface area is 232 Å². The highest BCUT2D eigenvalue weighted by Crippen LogP contribution is 2.31. The molecule has 210 valence electrons. The highest BCUT2D eigenvalue weighted by molar-refractivity contribution is 7.91. The Hall–Kier alpha value is -3.24. The van der Waals surface area contributed by atoms with E-state index in [-0.39, 0.29) is 31.7 Å². The molecule has 0 unspecified atom stereocenters. The Morgan fingerprint density at radius 1 is 1.05 bits per heavy atom. The largest absolute Gasteiger partial charge is 0.468 e. The second kappa shape index (κ2) is 13.2. The molecule has 0 saturated heterocycles. The highest BCUT2D eigenvalue weighted by atomic mass is 32.2. The van der Waals surface area contributed by atoms with Gasteiger partial charge in [0.1, 0.15) is 12.4 Å². The smallest absolute Gasteiger partial charge is 0.325 e. The van der Waals surface area contributed by atoms with Crippen LogP contribution in [0.4, 0.5) is 4.39 Å². The van der Waals surface area contributed by atoms with Gasteiger partial charge in [0.2, 0.25) is 9.84 Å². The number of ether oxygens (including phenoxy) is 1. The molecule has 7 nitrogen and oxygen atoms in total. The van der Waals surface area contributed by atoms with Crippen molar-refractivity contribution in [1.29, 1.82) is 0 Å². The fourth-order valence-electron chi connectivity index (χ4n) is 4.82. The summed E-state index contributed by atoms with van der Waals surface area (Å²) in [5, 5.41) is 0.675. The molecule has 2 aromatic heterocycles. The van der Waals surface area contributed by atoms with Crippen molar-refractivity contribution in [1.82, 2.24) is 14.1 Å². The van der Waals surface area contributed by atoms with Crippen LogP contribution in [0.25, 0.3) is 10.9 Å². The van der Waals surface area contributed by atoms with Crippen LogP contribution in [0, 0.1) is 12.7 Å². The van der Waals surface area contributed by atoms with Crippen LogP contribution in [0.2, 0.25) is 18.1 Å². The molecular formula is C29H38FN3O4SSi. The van der Waals surface area contributed by atoms with Crippen molar-refractivity contribution in [2.45, 2.75) is 68.7 Å². The lowest BCUT2D eigenvalue weighted by atomic mass is 10.1. The van der Waals surface area contributed by atoms with Crippen molar-refractivity contribution >= 4 is 35.5 Å². The first-order valence-electron chi connectivity index (χ1n) is 13.2. The first-order chi connectivity index (χ1) is 18.6. The summed E-state index contributed by atoms with van der Waals surface area (Å²) in [5.41, 5.74) is 2.42. The van der Waals surface area contributed by atoms with Crippen molar-refractivity contribution in [3.8, 4) is 0 Å². The number of imidazole rings is 1. The second-order valence-corrected chi connectivity index (χ2v) is 15.6. The summed E-state index contributed by atoms with van der Waals surface area (Å²) in [7, 11) is -1.06. The van der Waals surface area contributed by atoms with Gasteiger partial charge in [0.25, 0.3) is 0 Å². The molecule has 0 bridgehead atoms. The number of benzene rings is 2. The topological polar surface area (TPSA) is 83.2 Å². The minimum absolute atomic E-state index is 0.0398. The number of aryl methyl sites for hydroxylation is 1. The number of nitrogens with zero attached hydrogens (tertiary/aromatic N) is 3. The van der Waals surface area contributed by atoms with Crippen LogP contribution < -0.4 is 0 Å². The Kier molecular flexibility index (Phi) is 10.3. The highest BCUT2D eigenvalue weighted by Gasteiger charge is 2.27. The summed E-state index contributed by atoms with van der Waals surface area (Å²) in [6, 6.07) is 16.9. The monoisotopic (exact) mass is 571 g/mol. The molecule has 4 rings (SSSR count). The van der Waals surface area contributed by atoms with Gasteiger partial charge in [0.15, 0.2) is 5.03 Å². The van der Waals surface area contributed by atoms with Crippen LogP contribution in [0.3, 0.4) is 0 Å². The van der Waals surface area contributed by atoms with Crippen LogP contribution in [0.15, 0.2) is 64.8 Å². The average molecular weight is 572 g/mol. The molecular weight excluding hydrogens is 533 g/mol. The summed E-state index contributed by atoms with van der Waals surface area (Å²) in [4.78, 5) is 16.5. The number of methoxy groups -OCH3 is 1. The van der Waals surface area contributed by atoms with Gasteiger partial charge in [-0.3, -0.25) is 4.79 Å². The van der Waals surface area contributed by atoms with Crippen molar-refractivity contribution in [2.75, 3.05) is 7.11 Å². The zero-order chi connectivity index (χ0) is 28.7. The quantitative estimate of drug-likeness (QED) is 0.190. The summed E-state index contributed by atoms with van der Waals surface area (Å²) in [6.07, 6.45) is 1.61. The fourth-order valence-corrected chi connectivity index (χ4v) is 8.15. The van der Waals surface area contributed by atoms with E-state index in [2.05, 4.69) is 25.8 Å². The van der Waals surface area contributed by atoms with Gasteiger partial charge >= 0.3 is 5.97 Å². The Bertz CT molecular complexity index is 1520. The predicted molar refractivity (Wildman–Crippen MR) is 155 cm³/mol. The lowest BCUT2D eigenvalue weighted by Gasteiger charge is -2.09. The van der Waals surface area contributed by atoms with Crippen LogP contribution in [-0.4, -0.2) is 44.4 Å². The first-order valence-corrected chi connectivity index (χ1v) is 17.2. The van der Waals surface area contributed by atoms with Gasteiger partial charge in [-0.05, 0) is 42.8 Å². The van der Waals surface area contributed by atoms with E-state index in [9.17, 15) is 17.6 Å². The van der Waals surface area contributed by atoms with Crippen LogP contribution in [0.1, 0.15) is 37.7 Å². The maximum atomic E-state index is 14.1. The predicted octanol–water partition coefficient (Wildman–Crippen LogP) is 5.69. The Morgan fingerprint density at radius 3 is 2.26 bits per heavy atom. The summed E-state index contributed by atoms with van der Waals surface area (Å²) in [5.74, 6) is -0.863. The molecule has 39 heavy (non-hydrogen) atoms. The third-order valence-corrected chi connectivity index (χ3v) is 12.7. The SMILES string of the molecule is CC[SiH](CC)CC.COC(=O)Cn1c(C)c(Cc2ncn(C)c2S(=O)(=O)c2ccccc2)c2cc(F)ccc21. The number of fused-ring (bicyclic) bond motifs is 1. The molecule has 0 fully saturated rings. The molecule has 2 heterocycles. The number of hydrogen-bond donors (Lipinski definition) is 0. The number of aromatic nitrogens is 3. The van der Waals surface area contributed by atoms with Gasteiger partial charge < -0.3 is 13.9 Å². The van der Waals surface area contributed by atoms with E-state index in [0.29, 0.717) is 27.9 Å². The molecule has 2 aromatic carbocycles. The van der Waals surface area contributed by atoms with E-state index in [1.807, 2.05) is 6.92 Å². The van der Waals surface area contributed by atoms with Gasteiger partial charge in [-0.1, -0.05) is 57.1 Å². The zero-order valence-electron chi connectivity index (χ0n) is 23.6. The van der Waals surface area contributed by atoms with Crippen molar-refractivity contribution in [3.05, 3.63) is 77.6 Å². The van der Waals surface area contributed by atoms with E-state index >= 15 is 0 Å². The lowest BCUT2D eigenvalue weighted by Crippen LogP contribution is -2.13.